The van der Waals surface area contributed by atoms with E-state index in [9.17, 15) is 4.79 Å². The zero-order chi connectivity index (χ0) is 18.4. The SMILES string of the molecule is Cc1ccc(-n2c(N3CCOCC3)nc3c(oc4ccccc43)c2=O)cc1. The quantitative estimate of drug-likeness (QED) is 0.548. The highest BCUT2D eigenvalue weighted by Gasteiger charge is 2.23. The molecule has 0 unspecified atom stereocenters. The van der Waals surface area contributed by atoms with E-state index in [0.29, 0.717) is 43.4 Å². The van der Waals surface area contributed by atoms with Gasteiger partial charge in [0.25, 0.3) is 0 Å². The molecule has 27 heavy (non-hydrogen) atoms. The third-order valence-corrected chi connectivity index (χ3v) is 4.96. The van der Waals surface area contributed by atoms with E-state index in [0.717, 1.165) is 16.6 Å². The van der Waals surface area contributed by atoms with Gasteiger partial charge in [-0.05, 0) is 31.2 Å². The number of furan rings is 1. The van der Waals surface area contributed by atoms with E-state index in [2.05, 4.69) is 4.90 Å². The van der Waals surface area contributed by atoms with Crippen LogP contribution in [0.4, 0.5) is 5.95 Å². The number of nitrogens with zero attached hydrogens (tertiary/aromatic N) is 3. The Hall–Kier alpha value is -3.12. The molecule has 136 valence electrons. The number of anilines is 1. The van der Waals surface area contributed by atoms with Crippen LogP contribution in [0.25, 0.3) is 27.8 Å². The standard InChI is InChI=1S/C21H19N3O3/c1-14-6-8-15(9-7-14)24-20(25)19-18(16-4-2-3-5-17(16)27-19)22-21(24)23-10-12-26-13-11-23/h2-9H,10-13H2,1H3. The first-order valence-corrected chi connectivity index (χ1v) is 9.06. The van der Waals surface area contributed by atoms with Crippen LogP contribution in [0.15, 0.2) is 57.7 Å². The van der Waals surface area contributed by atoms with Crippen LogP contribution in [-0.4, -0.2) is 35.9 Å². The fourth-order valence-corrected chi connectivity index (χ4v) is 3.53. The molecule has 0 saturated carbocycles. The van der Waals surface area contributed by atoms with Gasteiger partial charge in [0.1, 0.15) is 11.1 Å². The van der Waals surface area contributed by atoms with Gasteiger partial charge in [0.2, 0.25) is 11.5 Å². The van der Waals surface area contributed by atoms with Crippen LogP contribution >= 0.6 is 0 Å². The van der Waals surface area contributed by atoms with Crippen molar-refractivity contribution in [3.8, 4) is 5.69 Å². The molecule has 1 fully saturated rings. The minimum Gasteiger partial charge on any atom is -0.448 e. The monoisotopic (exact) mass is 361 g/mol. The molecule has 1 aliphatic heterocycles. The highest BCUT2D eigenvalue weighted by atomic mass is 16.5. The molecule has 0 bridgehead atoms. The van der Waals surface area contributed by atoms with Crippen molar-refractivity contribution in [1.82, 2.24) is 9.55 Å². The lowest BCUT2D eigenvalue weighted by molar-refractivity contribution is 0.122. The van der Waals surface area contributed by atoms with E-state index < -0.39 is 0 Å². The summed E-state index contributed by atoms with van der Waals surface area (Å²) in [6, 6.07) is 15.5. The van der Waals surface area contributed by atoms with E-state index in [1.807, 2.05) is 55.5 Å². The van der Waals surface area contributed by atoms with Crippen LogP contribution < -0.4 is 10.5 Å². The van der Waals surface area contributed by atoms with Gasteiger partial charge in [-0.2, -0.15) is 0 Å². The van der Waals surface area contributed by atoms with Crippen molar-refractivity contribution >= 4 is 28.0 Å². The predicted molar refractivity (Wildman–Crippen MR) is 105 cm³/mol. The summed E-state index contributed by atoms with van der Waals surface area (Å²) in [7, 11) is 0. The number of morpholine rings is 1. The molecule has 0 spiro atoms. The average molecular weight is 361 g/mol. The van der Waals surface area contributed by atoms with Crippen molar-refractivity contribution in [2.24, 2.45) is 0 Å². The van der Waals surface area contributed by atoms with Crippen molar-refractivity contribution in [3.63, 3.8) is 0 Å². The minimum atomic E-state index is -0.193. The van der Waals surface area contributed by atoms with Crippen LogP contribution in [0.2, 0.25) is 0 Å². The second-order valence-electron chi connectivity index (χ2n) is 6.76. The summed E-state index contributed by atoms with van der Waals surface area (Å²) in [5.41, 5.74) is 3.29. The topological polar surface area (TPSA) is 60.5 Å². The summed E-state index contributed by atoms with van der Waals surface area (Å²) in [5.74, 6) is 0.631. The molecule has 0 amide bonds. The first-order valence-electron chi connectivity index (χ1n) is 9.06. The smallest absolute Gasteiger partial charge is 0.303 e. The summed E-state index contributed by atoms with van der Waals surface area (Å²) in [5, 5.41) is 0.857. The Morgan fingerprint density at radius 2 is 1.74 bits per heavy atom. The Morgan fingerprint density at radius 1 is 1.00 bits per heavy atom. The average Bonchev–Trinajstić information content (AvgIpc) is 3.09. The molecule has 2 aromatic carbocycles. The first kappa shape index (κ1) is 16.1. The Balaban J connectivity index is 1.84. The van der Waals surface area contributed by atoms with Gasteiger partial charge >= 0.3 is 5.56 Å². The molecule has 0 atom stereocenters. The normalized spacial score (nSPS) is 14.9. The second-order valence-corrected chi connectivity index (χ2v) is 6.76. The summed E-state index contributed by atoms with van der Waals surface area (Å²) in [6.07, 6.45) is 0. The fraction of sp³-hybridized carbons (Fsp3) is 0.238. The summed E-state index contributed by atoms with van der Waals surface area (Å²) in [4.78, 5) is 20.4. The molecule has 4 aromatic rings. The number of rotatable bonds is 2. The number of hydrogen-bond donors (Lipinski definition) is 0. The van der Waals surface area contributed by atoms with Gasteiger partial charge < -0.3 is 14.1 Å². The lowest BCUT2D eigenvalue weighted by Crippen LogP contribution is -2.40. The zero-order valence-corrected chi connectivity index (χ0v) is 15.0. The molecule has 1 aliphatic rings. The lowest BCUT2D eigenvalue weighted by atomic mass is 10.2. The van der Waals surface area contributed by atoms with Crippen molar-refractivity contribution in [2.75, 3.05) is 31.2 Å². The highest BCUT2D eigenvalue weighted by Crippen LogP contribution is 2.28. The van der Waals surface area contributed by atoms with Crippen LogP contribution in [0, 0.1) is 6.92 Å². The van der Waals surface area contributed by atoms with E-state index >= 15 is 0 Å². The van der Waals surface area contributed by atoms with E-state index in [4.69, 9.17) is 14.1 Å². The molecule has 0 aliphatic carbocycles. The number of para-hydroxylation sites is 1. The van der Waals surface area contributed by atoms with Crippen molar-refractivity contribution in [1.29, 1.82) is 0 Å². The van der Waals surface area contributed by atoms with Crippen molar-refractivity contribution in [2.45, 2.75) is 6.92 Å². The lowest BCUT2D eigenvalue weighted by Gasteiger charge is -2.29. The Morgan fingerprint density at radius 3 is 2.52 bits per heavy atom. The zero-order valence-electron chi connectivity index (χ0n) is 15.0. The molecule has 6 nitrogen and oxygen atoms in total. The Bertz CT molecular complexity index is 1190. The molecular formula is C21H19N3O3. The summed E-state index contributed by atoms with van der Waals surface area (Å²) >= 11 is 0. The second kappa shape index (κ2) is 6.25. The number of aromatic nitrogens is 2. The van der Waals surface area contributed by atoms with Gasteiger partial charge in [0.15, 0.2) is 0 Å². The van der Waals surface area contributed by atoms with Gasteiger partial charge in [-0.15, -0.1) is 0 Å². The van der Waals surface area contributed by atoms with E-state index in [1.165, 1.54) is 0 Å². The Kier molecular flexibility index (Phi) is 3.72. The van der Waals surface area contributed by atoms with Crippen LogP contribution in [0.5, 0.6) is 0 Å². The predicted octanol–water partition coefficient (Wildman–Crippen LogP) is 3.28. The Labute approximate surface area is 155 Å². The van der Waals surface area contributed by atoms with Gasteiger partial charge in [0, 0.05) is 18.5 Å². The van der Waals surface area contributed by atoms with Gasteiger partial charge in [0.05, 0.1) is 18.9 Å². The first-order chi connectivity index (χ1) is 13.2. The molecule has 0 radical (unpaired) electrons. The maximum Gasteiger partial charge on any atom is 0.303 e. The minimum absolute atomic E-state index is 0.193. The van der Waals surface area contributed by atoms with Gasteiger partial charge in [-0.3, -0.25) is 4.79 Å². The highest BCUT2D eigenvalue weighted by molar-refractivity contribution is 6.02. The number of benzene rings is 2. The van der Waals surface area contributed by atoms with Crippen LogP contribution in [0.3, 0.4) is 0 Å². The molecule has 6 heteroatoms. The van der Waals surface area contributed by atoms with Gasteiger partial charge in [-0.1, -0.05) is 29.8 Å². The van der Waals surface area contributed by atoms with E-state index in [-0.39, 0.29) is 11.1 Å². The number of hydrogen-bond acceptors (Lipinski definition) is 5. The molecule has 3 heterocycles. The van der Waals surface area contributed by atoms with Crippen molar-refractivity contribution in [3.05, 3.63) is 64.4 Å². The molecule has 1 saturated heterocycles. The van der Waals surface area contributed by atoms with Crippen molar-refractivity contribution < 1.29 is 9.15 Å². The maximum absolute atomic E-state index is 13.4. The maximum atomic E-state index is 13.4. The summed E-state index contributed by atoms with van der Waals surface area (Å²) < 4.78 is 13.0. The third kappa shape index (κ3) is 2.61. The largest absolute Gasteiger partial charge is 0.448 e. The molecule has 2 aromatic heterocycles. The molecule has 0 N–H and O–H groups in total. The van der Waals surface area contributed by atoms with Gasteiger partial charge in [-0.25, -0.2) is 9.55 Å². The summed E-state index contributed by atoms with van der Waals surface area (Å²) in [6.45, 7) is 4.65. The molecule has 5 rings (SSSR count). The third-order valence-electron chi connectivity index (χ3n) is 4.96. The molecular weight excluding hydrogens is 342 g/mol. The number of aryl methyl sites for hydroxylation is 1. The number of ether oxygens (including phenoxy) is 1. The van der Waals surface area contributed by atoms with Crippen LogP contribution in [-0.2, 0) is 4.74 Å². The van der Waals surface area contributed by atoms with Crippen LogP contribution in [0.1, 0.15) is 5.56 Å². The number of fused-ring (bicyclic) bond motifs is 3. The van der Waals surface area contributed by atoms with E-state index in [1.54, 1.807) is 4.57 Å². The fourth-order valence-electron chi connectivity index (χ4n) is 3.53.